The highest BCUT2D eigenvalue weighted by Crippen LogP contribution is 2.31. The fraction of sp³-hybridized carbons (Fsp3) is 0.412. The second-order valence-corrected chi connectivity index (χ2v) is 5.91. The number of nitrogens with zero attached hydrogens (tertiary/aromatic N) is 1. The molecule has 23 heavy (non-hydrogen) atoms. The van der Waals surface area contributed by atoms with E-state index in [0.29, 0.717) is 12.1 Å². The minimum Gasteiger partial charge on any atom is -0.479 e. The molecule has 0 bridgehead atoms. The van der Waals surface area contributed by atoms with Crippen LogP contribution in [-0.4, -0.2) is 47.7 Å². The highest BCUT2D eigenvalue weighted by Gasteiger charge is 2.32. The van der Waals surface area contributed by atoms with Crippen molar-refractivity contribution in [1.29, 1.82) is 0 Å². The summed E-state index contributed by atoms with van der Waals surface area (Å²) in [6, 6.07) is 3.97. The maximum absolute atomic E-state index is 12.8. The summed E-state index contributed by atoms with van der Waals surface area (Å²) in [4.78, 5) is 25.3. The first kappa shape index (κ1) is 15.6. The van der Waals surface area contributed by atoms with Gasteiger partial charge in [-0.25, -0.2) is 4.79 Å². The molecule has 0 spiro atoms. The minimum atomic E-state index is -1.06. The number of aliphatic carboxylic acids is 1. The molecule has 3 rings (SSSR count). The first-order chi connectivity index (χ1) is 10.9. The van der Waals surface area contributed by atoms with Gasteiger partial charge < -0.3 is 19.2 Å². The van der Waals surface area contributed by atoms with Crippen molar-refractivity contribution in [3.8, 4) is 0 Å². The topological polar surface area (TPSA) is 80.0 Å². The molecule has 2 heterocycles. The number of aryl methyl sites for hydroxylation is 3. The fourth-order valence-corrected chi connectivity index (χ4v) is 3.01. The van der Waals surface area contributed by atoms with Gasteiger partial charge in [0.1, 0.15) is 5.58 Å². The van der Waals surface area contributed by atoms with Crippen molar-refractivity contribution in [1.82, 2.24) is 4.90 Å². The Morgan fingerprint density at radius 1 is 1.22 bits per heavy atom. The molecule has 1 aliphatic rings. The van der Waals surface area contributed by atoms with Gasteiger partial charge in [0.15, 0.2) is 11.9 Å². The lowest BCUT2D eigenvalue weighted by Gasteiger charge is -2.30. The standard InChI is InChI=1S/C17H19NO5/c1-9-4-5-10(2)14-13(9)11(3)15(23-14)16(19)18-6-7-22-12(8-18)17(20)21/h4-5,12H,6-8H2,1-3H3,(H,20,21)/t12-/m1/s1. The van der Waals surface area contributed by atoms with Gasteiger partial charge in [-0.3, -0.25) is 4.79 Å². The Balaban J connectivity index is 1.98. The minimum absolute atomic E-state index is 0.0304. The first-order valence-electron chi connectivity index (χ1n) is 7.53. The van der Waals surface area contributed by atoms with Crippen LogP contribution in [0.4, 0.5) is 0 Å². The number of carbonyl (C=O) groups is 2. The molecule has 0 aliphatic carbocycles. The van der Waals surface area contributed by atoms with Crippen molar-refractivity contribution >= 4 is 22.8 Å². The number of furan rings is 1. The van der Waals surface area contributed by atoms with E-state index in [9.17, 15) is 9.59 Å². The Morgan fingerprint density at radius 3 is 2.57 bits per heavy atom. The maximum atomic E-state index is 12.8. The van der Waals surface area contributed by atoms with Crippen LogP contribution in [0.2, 0.25) is 0 Å². The van der Waals surface area contributed by atoms with E-state index in [4.69, 9.17) is 14.3 Å². The number of fused-ring (bicyclic) bond motifs is 1. The Hall–Kier alpha value is -2.34. The average Bonchev–Trinajstić information content (AvgIpc) is 2.89. The van der Waals surface area contributed by atoms with Crippen molar-refractivity contribution in [2.45, 2.75) is 26.9 Å². The molecule has 6 heteroatoms. The monoisotopic (exact) mass is 317 g/mol. The van der Waals surface area contributed by atoms with Gasteiger partial charge in [0, 0.05) is 17.5 Å². The van der Waals surface area contributed by atoms with Crippen molar-refractivity contribution in [3.63, 3.8) is 0 Å². The molecule has 0 radical (unpaired) electrons. The second-order valence-electron chi connectivity index (χ2n) is 5.91. The van der Waals surface area contributed by atoms with Gasteiger partial charge in [-0.1, -0.05) is 12.1 Å². The molecule has 0 unspecified atom stereocenters. The van der Waals surface area contributed by atoms with Gasteiger partial charge in [0.25, 0.3) is 5.91 Å². The van der Waals surface area contributed by atoms with E-state index in [-0.39, 0.29) is 24.8 Å². The summed E-state index contributed by atoms with van der Waals surface area (Å²) in [7, 11) is 0. The summed E-state index contributed by atoms with van der Waals surface area (Å²) in [5.74, 6) is -1.06. The number of ether oxygens (including phenoxy) is 1. The van der Waals surface area contributed by atoms with Gasteiger partial charge in [0.2, 0.25) is 0 Å². The zero-order valence-corrected chi connectivity index (χ0v) is 13.4. The van der Waals surface area contributed by atoms with Gasteiger partial charge in [-0.05, 0) is 31.9 Å². The van der Waals surface area contributed by atoms with Crippen LogP contribution in [0.15, 0.2) is 16.5 Å². The molecular formula is C17H19NO5. The van der Waals surface area contributed by atoms with Crippen LogP contribution in [0.3, 0.4) is 0 Å². The molecule has 1 atom stereocenters. The van der Waals surface area contributed by atoms with E-state index < -0.39 is 12.1 Å². The number of benzene rings is 1. The number of hydrogen-bond donors (Lipinski definition) is 1. The maximum Gasteiger partial charge on any atom is 0.334 e. The van der Waals surface area contributed by atoms with Crippen molar-refractivity contribution in [2.75, 3.05) is 19.7 Å². The van der Waals surface area contributed by atoms with E-state index in [1.807, 2.05) is 32.9 Å². The Kier molecular flexibility index (Phi) is 3.85. The first-order valence-corrected chi connectivity index (χ1v) is 7.53. The quantitative estimate of drug-likeness (QED) is 0.919. The molecule has 1 N–H and O–H groups in total. The Bertz CT molecular complexity index is 792. The summed E-state index contributed by atoms with van der Waals surface area (Å²) in [5.41, 5.74) is 3.54. The van der Waals surface area contributed by atoms with Crippen LogP contribution in [0.1, 0.15) is 27.2 Å². The second kappa shape index (κ2) is 5.70. The van der Waals surface area contributed by atoms with Crippen molar-refractivity contribution in [3.05, 3.63) is 34.6 Å². The predicted octanol–water partition coefficient (Wildman–Crippen LogP) is 2.28. The molecule has 1 amide bonds. The van der Waals surface area contributed by atoms with E-state index in [1.54, 1.807) is 0 Å². The third-order valence-electron chi connectivity index (χ3n) is 4.31. The van der Waals surface area contributed by atoms with Gasteiger partial charge >= 0.3 is 5.97 Å². The predicted molar refractivity (Wildman–Crippen MR) is 83.7 cm³/mol. The smallest absolute Gasteiger partial charge is 0.334 e. The normalized spacial score (nSPS) is 18.4. The van der Waals surface area contributed by atoms with E-state index in [0.717, 1.165) is 22.1 Å². The summed E-state index contributed by atoms with van der Waals surface area (Å²) < 4.78 is 11.0. The molecule has 1 aromatic carbocycles. The Labute approximate surface area is 133 Å². The highest BCUT2D eigenvalue weighted by molar-refractivity contribution is 6.00. The SMILES string of the molecule is Cc1ccc(C)c2c(C)c(C(=O)N3CCO[C@@H](C(=O)O)C3)oc12. The number of amides is 1. The zero-order chi connectivity index (χ0) is 16.7. The lowest BCUT2D eigenvalue weighted by molar-refractivity contribution is -0.154. The molecule has 2 aromatic rings. The lowest BCUT2D eigenvalue weighted by atomic mass is 10.0. The molecule has 1 aromatic heterocycles. The Morgan fingerprint density at radius 2 is 1.91 bits per heavy atom. The molecule has 0 saturated carbocycles. The number of carboxylic acids is 1. The van der Waals surface area contributed by atoms with Crippen LogP contribution in [-0.2, 0) is 9.53 Å². The zero-order valence-electron chi connectivity index (χ0n) is 13.4. The van der Waals surface area contributed by atoms with Gasteiger partial charge in [-0.2, -0.15) is 0 Å². The summed E-state index contributed by atoms with van der Waals surface area (Å²) in [6.45, 7) is 6.38. The molecule has 1 aliphatic heterocycles. The van der Waals surface area contributed by atoms with Crippen molar-refractivity contribution < 1.29 is 23.8 Å². The molecular weight excluding hydrogens is 298 g/mol. The lowest BCUT2D eigenvalue weighted by Crippen LogP contribution is -2.48. The molecule has 6 nitrogen and oxygen atoms in total. The number of carboxylic acid groups (broad SMARTS) is 1. The molecule has 122 valence electrons. The molecule has 1 saturated heterocycles. The van der Waals surface area contributed by atoms with E-state index in [1.165, 1.54) is 4.90 Å². The van der Waals surface area contributed by atoms with E-state index >= 15 is 0 Å². The van der Waals surface area contributed by atoms with Crippen LogP contribution in [0.25, 0.3) is 11.0 Å². The van der Waals surface area contributed by atoms with Gasteiger partial charge in [-0.15, -0.1) is 0 Å². The average molecular weight is 317 g/mol. The highest BCUT2D eigenvalue weighted by atomic mass is 16.5. The largest absolute Gasteiger partial charge is 0.479 e. The van der Waals surface area contributed by atoms with E-state index in [2.05, 4.69) is 0 Å². The molecule has 1 fully saturated rings. The number of morpholine rings is 1. The summed E-state index contributed by atoms with van der Waals surface area (Å²) >= 11 is 0. The number of carbonyl (C=O) groups excluding carboxylic acids is 1. The number of hydrogen-bond acceptors (Lipinski definition) is 4. The third-order valence-corrected chi connectivity index (χ3v) is 4.31. The van der Waals surface area contributed by atoms with Crippen LogP contribution < -0.4 is 0 Å². The number of rotatable bonds is 2. The summed E-state index contributed by atoms with van der Waals surface area (Å²) in [6.07, 6.45) is -0.985. The summed E-state index contributed by atoms with van der Waals surface area (Å²) in [5, 5.41) is 10.0. The van der Waals surface area contributed by atoms with Gasteiger partial charge in [0.05, 0.1) is 13.2 Å². The van der Waals surface area contributed by atoms with Crippen LogP contribution in [0, 0.1) is 20.8 Å². The van der Waals surface area contributed by atoms with Crippen LogP contribution >= 0.6 is 0 Å². The third kappa shape index (κ3) is 2.59. The fourth-order valence-electron chi connectivity index (χ4n) is 3.01. The van der Waals surface area contributed by atoms with Crippen molar-refractivity contribution in [2.24, 2.45) is 0 Å². The van der Waals surface area contributed by atoms with Crippen LogP contribution in [0.5, 0.6) is 0 Å².